The summed E-state index contributed by atoms with van der Waals surface area (Å²) in [5.41, 5.74) is -0.355. The van der Waals surface area contributed by atoms with Crippen molar-refractivity contribution in [3.8, 4) is 11.5 Å². The fraction of sp³-hybridized carbons (Fsp3) is 0.333. The van der Waals surface area contributed by atoms with Crippen LogP contribution >= 0.6 is 0 Å². The van der Waals surface area contributed by atoms with E-state index in [1.165, 1.54) is 13.2 Å². The number of aromatic hydroxyl groups is 1. The van der Waals surface area contributed by atoms with E-state index in [0.717, 1.165) is 6.07 Å². The molecule has 6 heteroatoms. The third-order valence-electron chi connectivity index (χ3n) is 2.12. The summed E-state index contributed by atoms with van der Waals surface area (Å²) in [7, 11) is 1.18. The number of carboxylic acids is 1. The molecule has 6 nitrogen and oxygen atoms in total. The molecular formula is C12H14O6. The Morgan fingerprint density at radius 1 is 1.22 bits per heavy atom. The molecule has 0 unspecified atom stereocenters. The third kappa shape index (κ3) is 2.71. The number of carbonyl (C=O) groups excluding carboxylic acids is 1. The lowest BCUT2D eigenvalue weighted by Crippen LogP contribution is -2.12. The third-order valence-corrected chi connectivity index (χ3v) is 2.12. The van der Waals surface area contributed by atoms with Gasteiger partial charge in [0.25, 0.3) is 0 Å². The van der Waals surface area contributed by atoms with Crippen molar-refractivity contribution in [1.29, 1.82) is 0 Å². The van der Waals surface area contributed by atoms with E-state index >= 15 is 0 Å². The van der Waals surface area contributed by atoms with Crippen molar-refractivity contribution in [3.05, 3.63) is 23.3 Å². The number of ether oxygens (including phenoxy) is 2. The van der Waals surface area contributed by atoms with Crippen LogP contribution in [0.1, 0.15) is 34.6 Å². The predicted octanol–water partition coefficient (Wildman–Crippen LogP) is 1.66. The van der Waals surface area contributed by atoms with Gasteiger partial charge >= 0.3 is 11.9 Å². The van der Waals surface area contributed by atoms with E-state index in [0.29, 0.717) is 0 Å². The highest BCUT2D eigenvalue weighted by Crippen LogP contribution is 2.35. The maximum atomic E-state index is 11.5. The van der Waals surface area contributed by atoms with Gasteiger partial charge in [-0.2, -0.15) is 0 Å². The van der Waals surface area contributed by atoms with E-state index in [1.54, 1.807) is 13.8 Å². The van der Waals surface area contributed by atoms with Gasteiger partial charge in [-0.15, -0.1) is 0 Å². The van der Waals surface area contributed by atoms with Crippen molar-refractivity contribution in [1.82, 2.24) is 0 Å². The van der Waals surface area contributed by atoms with Gasteiger partial charge in [-0.25, -0.2) is 9.59 Å². The molecule has 0 spiro atoms. The first-order chi connectivity index (χ1) is 8.38. The summed E-state index contributed by atoms with van der Waals surface area (Å²) >= 11 is 0. The molecule has 1 aromatic carbocycles. The van der Waals surface area contributed by atoms with Crippen LogP contribution in [0.3, 0.4) is 0 Å². The Bertz CT molecular complexity index is 478. The minimum atomic E-state index is -1.31. The molecule has 0 aliphatic rings. The summed E-state index contributed by atoms with van der Waals surface area (Å²) in [6.45, 7) is 3.38. The highest BCUT2D eigenvalue weighted by Gasteiger charge is 2.23. The van der Waals surface area contributed by atoms with Gasteiger partial charge in [0.2, 0.25) is 0 Å². The second kappa shape index (κ2) is 5.39. The van der Waals surface area contributed by atoms with E-state index in [9.17, 15) is 14.7 Å². The second-order valence-electron chi connectivity index (χ2n) is 3.80. The van der Waals surface area contributed by atoms with Gasteiger partial charge in [0.05, 0.1) is 13.2 Å². The molecular weight excluding hydrogens is 240 g/mol. The molecule has 0 amide bonds. The number of hydrogen-bond acceptors (Lipinski definition) is 5. The van der Waals surface area contributed by atoms with Crippen molar-refractivity contribution < 1.29 is 29.3 Å². The summed E-state index contributed by atoms with van der Waals surface area (Å²) in [6.07, 6.45) is -0.330. The Hall–Kier alpha value is -2.24. The first kappa shape index (κ1) is 13.8. The van der Waals surface area contributed by atoms with Gasteiger partial charge in [-0.3, -0.25) is 0 Å². The standard InChI is InChI=1S/C12H14O6/c1-6(2)18-10-8(12(16)17-3)5-4-7(9(10)13)11(14)15/h4-6,13H,1-3H3,(H,14,15). The van der Waals surface area contributed by atoms with Crippen molar-refractivity contribution in [2.45, 2.75) is 20.0 Å². The molecule has 0 aromatic heterocycles. The quantitative estimate of drug-likeness (QED) is 0.794. The maximum Gasteiger partial charge on any atom is 0.341 e. The Morgan fingerprint density at radius 3 is 2.22 bits per heavy atom. The zero-order chi connectivity index (χ0) is 13.9. The van der Waals surface area contributed by atoms with Crippen molar-refractivity contribution in [2.75, 3.05) is 7.11 Å². The topological polar surface area (TPSA) is 93.1 Å². The normalized spacial score (nSPS) is 10.2. The lowest BCUT2D eigenvalue weighted by molar-refractivity contribution is 0.0589. The Morgan fingerprint density at radius 2 is 1.78 bits per heavy atom. The van der Waals surface area contributed by atoms with Gasteiger partial charge in [0, 0.05) is 0 Å². The molecule has 0 bridgehead atoms. The number of esters is 1. The molecule has 0 aliphatic heterocycles. The van der Waals surface area contributed by atoms with Gasteiger partial charge in [0.15, 0.2) is 11.5 Å². The molecule has 0 fully saturated rings. The van der Waals surface area contributed by atoms with E-state index < -0.39 is 17.7 Å². The molecule has 1 rings (SSSR count). The van der Waals surface area contributed by atoms with Gasteiger partial charge in [-0.05, 0) is 26.0 Å². The molecule has 0 heterocycles. The summed E-state index contributed by atoms with van der Waals surface area (Å²) in [4.78, 5) is 22.4. The predicted molar refractivity (Wildman–Crippen MR) is 62.2 cm³/mol. The number of carboxylic acid groups (broad SMARTS) is 1. The number of rotatable bonds is 4. The van der Waals surface area contributed by atoms with Crippen LogP contribution in [-0.4, -0.2) is 35.4 Å². The maximum absolute atomic E-state index is 11.5. The monoisotopic (exact) mass is 254 g/mol. The highest BCUT2D eigenvalue weighted by molar-refractivity contribution is 5.98. The largest absolute Gasteiger partial charge is 0.504 e. The summed E-state index contributed by atoms with van der Waals surface area (Å²) in [6, 6.07) is 2.36. The van der Waals surface area contributed by atoms with E-state index in [1.807, 2.05) is 0 Å². The van der Waals surface area contributed by atoms with E-state index in [-0.39, 0.29) is 23.0 Å². The van der Waals surface area contributed by atoms with Crippen molar-refractivity contribution in [3.63, 3.8) is 0 Å². The van der Waals surface area contributed by atoms with Crippen molar-refractivity contribution in [2.24, 2.45) is 0 Å². The summed E-state index contributed by atoms with van der Waals surface area (Å²) in [5, 5.41) is 18.7. The van der Waals surface area contributed by atoms with E-state index in [2.05, 4.69) is 4.74 Å². The van der Waals surface area contributed by atoms with Gasteiger partial charge in [0.1, 0.15) is 11.1 Å². The number of aromatic carboxylic acids is 1. The first-order valence-corrected chi connectivity index (χ1v) is 5.22. The zero-order valence-electron chi connectivity index (χ0n) is 10.3. The average Bonchev–Trinajstić information content (AvgIpc) is 2.29. The van der Waals surface area contributed by atoms with Crippen LogP contribution in [0.2, 0.25) is 0 Å². The number of benzene rings is 1. The molecule has 98 valence electrons. The van der Waals surface area contributed by atoms with Crippen LogP contribution in [0.15, 0.2) is 12.1 Å². The molecule has 0 radical (unpaired) electrons. The second-order valence-corrected chi connectivity index (χ2v) is 3.80. The highest BCUT2D eigenvalue weighted by atomic mass is 16.5. The molecule has 0 saturated heterocycles. The Kier molecular flexibility index (Phi) is 4.14. The van der Waals surface area contributed by atoms with Crippen molar-refractivity contribution >= 4 is 11.9 Å². The lowest BCUT2D eigenvalue weighted by Gasteiger charge is -2.15. The number of methoxy groups -OCH3 is 1. The zero-order valence-corrected chi connectivity index (χ0v) is 10.3. The summed E-state index contributed by atoms with van der Waals surface area (Å²) < 4.78 is 9.81. The fourth-order valence-corrected chi connectivity index (χ4v) is 1.37. The number of hydrogen-bond donors (Lipinski definition) is 2. The van der Waals surface area contributed by atoms with Gasteiger partial charge < -0.3 is 19.7 Å². The smallest absolute Gasteiger partial charge is 0.341 e. The lowest BCUT2D eigenvalue weighted by atomic mass is 10.1. The van der Waals surface area contributed by atoms with Crippen LogP contribution in [0.25, 0.3) is 0 Å². The van der Waals surface area contributed by atoms with Crippen LogP contribution in [0, 0.1) is 0 Å². The van der Waals surface area contributed by atoms with Crippen LogP contribution in [0.5, 0.6) is 11.5 Å². The Labute approximate surface area is 104 Å². The van der Waals surface area contributed by atoms with Gasteiger partial charge in [-0.1, -0.05) is 0 Å². The average molecular weight is 254 g/mol. The molecule has 0 atom stereocenters. The fourth-order valence-electron chi connectivity index (χ4n) is 1.37. The van der Waals surface area contributed by atoms with Crippen LogP contribution in [0.4, 0.5) is 0 Å². The first-order valence-electron chi connectivity index (χ1n) is 5.22. The van der Waals surface area contributed by atoms with Crippen LogP contribution < -0.4 is 4.74 Å². The summed E-state index contributed by atoms with van der Waals surface area (Å²) in [5.74, 6) is -2.79. The molecule has 1 aromatic rings. The Balaban J connectivity index is 3.40. The SMILES string of the molecule is COC(=O)c1ccc(C(=O)O)c(O)c1OC(C)C. The molecule has 18 heavy (non-hydrogen) atoms. The molecule has 2 N–H and O–H groups in total. The number of phenols is 1. The number of carbonyl (C=O) groups is 2. The minimum absolute atomic E-state index is 0.0197. The minimum Gasteiger partial charge on any atom is -0.504 e. The molecule has 0 saturated carbocycles. The molecule has 0 aliphatic carbocycles. The van der Waals surface area contributed by atoms with Crippen LogP contribution in [-0.2, 0) is 4.74 Å². The van der Waals surface area contributed by atoms with E-state index in [4.69, 9.17) is 9.84 Å².